The Kier molecular flexibility index (Phi) is 7.51. The van der Waals surface area contributed by atoms with Gasteiger partial charge in [0.25, 0.3) is 0 Å². The van der Waals surface area contributed by atoms with Crippen molar-refractivity contribution < 1.29 is 4.74 Å². The maximum atomic E-state index is 5.22. The Morgan fingerprint density at radius 3 is 2.50 bits per heavy atom. The Bertz CT molecular complexity index is 95.8. The van der Waals surface area contributed by atoms with Gasteiger partial charge < -0.3 is 10.1 Å². The number of hydrogen-bond acceptors (Lipinski definition) is 2. The summed E-state index contributed by atoms with van der Waals surface area (Å²) in [6.07, 6.45) is 5.34. The lowest BCUT2D eigenvalue weighted by atomic mass is 10.0. The van der Waals surface area contributed by atoms with Crippen LogP contribution in [-0.2, 0) is 4.74 Å². The van der Waals surface area contributed by atoms with E-state index in [0.717, 1.165) is 6.42 Å². The van der Waals surface area contributed by atoms with Crippen molar-refractivity contribution in [3.8, 4) is 0 Å². The molecule has 0 aliphatic heterocycles. The second kappa shape index (κ2) is 7.56. The molecule has 0 spiro atoms. The van der Waals surface area contributed by atoms with Crippen molar-refractivity contribution in [1.82, 2.24) is 5.32 Å². The molecule has 0 aliphatic carbocycles. The van der Waals surface area contributed by atoms with E-state index in [-0.39, 0.29) is 0 Å². The van der Waals surface area contributed by atoms with Gasteiger partial charge >= 0.3 is 0 Å². The summed E-state index contributed by atoms with van der Waals surface area (Å²) in [6.45, 7) is 4.35. The lowest BCUT2D eigenvalue weighted by Gasteiger charge is -2.19. The number of rotatable bonds is 7. The van der Waals surface area contributed by atoms with Crippen molar-refractivity contribution in [3.05, 3.63) is 0 Å². The summed E-state index contributed by atoms with van der Waals surface area (Å²) in [5, 5.41) is 3.32. The highest BCUT2D eigenvalue weighted by molar-refractivity contribution is 4.67. The minimum absolute atomic E-state index is 0.374. The zero-order valence-electron chi connectivity index (χ0n) is 8.89. The molecule has 0 bridgehead atoms. The maximum absolute atomic E-state index is 5.22. The normalized spacial score (nSPS) is 16.0. The van der Waals surface area contributed by atoms with Crippen LogP contribution in [0.1, 0.15) is 39.5 Å². The zero-order chi connectivity index (χ0) is 9.40. The Balaban J connectivity index is 3.51. The van der Waals surface area contributed by atoms with Crippen molar-refractivity contribution in [1.29, 1.82) is 0 Å². The molecular formula is C10H23NO. The molecule has 0 saturated heterocycles. The molecule has 2 heteroatoms. The topological polar surface area (TPSA) is 21.3 Å². The number of nitrogens with one attached hydrogen (secondary N) is 1. The molecule has 0 fully saturated rings. The molecule has 2 atom stereocenters. The number of ether oxygens (including phenoxy) is 1. The molecule has 0 radical (unpaired) electrons. The molecule has 0 aromatic heterocycles. The van der Waals surface area contributed by atoms with E-state index in [2.05, 4.69) is 19.2 Å². The van der Waals surface area contributed by atoms with Crippen LogP contribution < -0.4 is 5.32 Å². The second-order valence-electron chi connectivity index (χ2n) is 3.41. The Labute approximate surface area is 76.7 Å². The van der Waals surface area contributed by atoms with E-state index in [1.807, 2.05) is 7.05 Å². The average molecular weight is 173 g/mol. The monoisotopic (exact) mass is 173 g/mol. The van der Waals surface area contributed by atoms with Crippen LogP contribution in [0.5, 0.6) is 0 Å². The standard InChI is InChI=1S/C10H23NO/c1-5-6-7-10(11-3)8-9(2)12-4/h9-11H,5-8H2,1-4H3. The van der Waals surface area contributed by atoms with E-state index in [0.29, 0.717) is 12.1 Å². The van der Waals surface area contributed by atoms with Crippen molar-refractivity contribution in [2.24, 2.45) is 0 Å². The van der Waals surface area contributed by atoms with Gasteiger partial charge in [0.2, 0.25) is 0 Å². The third kappa shape index (κ3) is 5.56. The zero-order valence-corrected chi connectivity index (χ0v) is 8.89. The number of hydrogen-bond donors (Lipinski definition) is 1. The first-order valence-corrected chi connectivity index (χ1v) is 4.94. The van der Waals surface area contributed by atoms with E-state index < -0.39 is 0 Å². The first-order chi connectivity index (χ1) is 5.74. The SMILES string of the molecule is CCCCC(CC(C)OC)NC. The maximum Gasteiger partial charge on any atom is 0.0558 e. The van der Waals surface area contributed by atoms with Crippen LogP contribution in [0.25, 0.3) is 0 Å². The summed E-state index contributed by atoms with van der Waals surface area (Å²) in [6, 6.07) is 0.625. The third-order valence-electron chi connectivity index (χ3n) is 2.33. The van der Waals surface area contributed by atoms with Gasteiger partial charge in [-0.1, -0.05) is 19.8 Å². The van der Waals surface area contributed by atoms with Gasteiger partial charge in [0.1, 0.15) is 0 Å². The van der Waals surface area contributed by atoms with Gasteiger partial charge in [0.05, 0.1) is 6.10 Å². The van der Waals surface area contributed by atoms with Crippen molar-refractivity contribution in [2.45, 2.75) is 51.7 Å². The molecule has 74 valence electrons. The summed E-state index contributed by atoms with van der Waals surface area (Å²) in [7, 11) is 3.81. The molecule has 0 aliphatic rings. The van der Waals surface area contributed by atoms with Gasteiger partial charge in [-0.25, -0.2) is 0 Å². The summed E-state index contributed by atoms with van der Waals surface area (Å²) in [4.78, 5) is 0. The van der Waals surface area contributed by atoms with E-state index in [9.17, 15) is 0 Å². The molecule has 0 saturated carbocycles. The van der Waals surface area contributed by atoms with Gasteiger partial charge in [-0.2, -0.15) is 0 Å². The minimum atomic E-state index is 0.374. The molecule has 0 heterocycles. The van der Waals surface area contributed by atoms with Crippen molar-refractivity contribution in [2.75, 3.05) is 14.2 Å². The molecule has 2 nitrogen and oxygen atoms in total. The van der Waals surface area contributed by atoms with Crippen LogP contribution >= 0.6 is 0 Å². The number of unbranched alkanes of at least 4 members (excludes halogenated alkanes) is 1. The Morgan fingerprint density at radius 1 is 1.42 bits per heavy atom. The largest absolute Gasteiger partial charge is 0.382 e. The second-order valence-corrected chi connectivity index (χ2v) is 3.41. The van der Waals surface area contributed by atoms with E-state index >= 15 is 0 Å². The predicted molar refractivity (Wildman–Crippen MR) is 53.5 cm³/mol. The molecule has 0 rings (SSSR count). The Morgan fingerprint density at radius 2 is 2.08 bits per heavy atom. The highest BCUT2D eigenvalue weighted by Crippen LogP contribution is 2.08. The lowest BCUT2D eigenvalue weighted by molar-refractivity contribution is 0.0999. The van der Waals surface area contributed by atoms with Crippen LogP contribution in [0.2, 0.25) is 0 Å². The lowest BCUT2D eigenvalue weighted by Crippen LogP contribution is -2.29. The highest BCUT2D eigenvalue weighted by atomic mass is 16.5. The van der Waals surface area contributed by atoms with Gasteiger partial charge in [-0.05, 0) is 26.8 Å². The van der Waals surface area contributed by atoms with Crippen molar-refractivity contribution >= 4 is 0 Å². The van der Waals surface area contributed by atoms with E-state index in [1.54, 1.807) is 7.11 Å². The average Bonchev–Trinajstić information content (AvgIpc) is 2.11. The fraction of sp³-hybridized carbons (Fsp3) is 1.00. The molecule has 2 unspecified atom stereocenters. The van der Waals surface area contributed by atoms with Gasteiger partial charge in [-0.3, -0.25) is 0 Å². The van der Waals surface area contributed by atoms with Crippen LogP contribution in [0, 0.1) is 0 Å². The van der Waals surface area contributed by atoms with Gasteiger partial charge in [-0.15, -0.1) is 0 Å². The molecule has 12 heavy (non-hydrogen) atoms. The molecule has 0 amide bonds. The van der Waals surface area contributed by atoms with Gasteiger partial charge in [0, 0.05) is 13.2 Å². The van der Waals surface area contributed by atoms with Crippen LogP contribution in [0.3, 0.4) is 0 Å². The molecule has 0 aromatic rings. The summed E-state index contributed by atoms with van der Waals surface area (Å²) >= 11 is 0. The van der Waals surface area contributed by atoms with Crippen LogP contribution in [-0.4, -0.2) is 26.3 Å². The number of methoxy groups -OCH3 is 1. The van der Waals surface area contributed by atoms with E-state index in [1.165, 1.54) is 19.3 Å². The molecular weight excluding hydrogens is 150 g/mol. The smallest absolute Gasteiger partial charge is 0.0558 e. The van der Waals surface area contributed by atoms with Crippen LogP contribution in [0.4, 0.5) is 0 Å². The molecule has 0 aromatic carbocycles. The fourth-order valence-electron chi connectivity index (χ4n) is 1.33. The first-order valence-electron chi connectivity index (χ1n) is 4.94. The minimum Gasteiger partial charge on any atom is -0.382 e. The van der Waals surface area contributed by atoms with Crippen molar-refractivity contribution in [3.63, 3.8) is 0 Å². The van der Waals surface area contributed by atoms with Gasteiger partial charge in [0.15, 0.2) is 0 Å². The first kappa shape index (κ1) is 11.9. The summed E-state index contributed by atoms with van der Waals surface area (Å²) in [5.74, 6) is 0. The predicted octanol–water partition coefficient (Wildman–Crippen LogP) is 2.19. The summed E-state index contributed by atoms with van der Waals surface area (Å²) in [5.41, 5.74) is 0. The highest BCUT2D eigenvalue weighted by Gasteiger charge is 2.09. The third-order valence-corrected chi connectivity index (χ3v) is 2.33. The van der Waals surface area contributed by atoms with Crippen LogP contribution in [0.15, 0.2) is 0 Å². The Hall–Kier alpha value is -0.0800. The van der Waals surface area contributed by atoms with E-state index in [4.69, 9.17) is 4.74 Å². The summed E-state index contributed by atoms with van der Waals surface area (Å²) < 4.78 is 5.22. The molecule has 1 N–H and O–H groups in total. The quantitative estimate of drug-likeness (QED) is 0.637. The fourth-order valence-corrected chi connectivity index (χ4v) is 1.33.